The SMILES string of the molecule is COc1cnccc1N1CCN(C(=O)c2nccc3[nH]ccc23)CC1. The number of ether oxygens (including phenoxy) is 1. The molecule has 3 aromatic heterocycles. The molecule has 0 unspecified atom stereocenters. The Kier molecular flexibility index (Phi) is 3.97. The van der Waals surface area contributed by atoms with Gasteiger partial charge in [-0.05, 0) is 18.2 Å². The number of H-pyrrole nitrogens is 1. The molecule has 7 nitrogen and oxygen atoms in total. The van der Waals surface area contributed by atoms with Crippen LogP contribution in [-0.4, -0.2) is 59.0 Å². The summed E-state index contributed by atoms with van der Waals surface area (Å²) in [5.74, 6) is 0.729. The van der Waals surface area contributed by atoms with Crippen LogP contribution >= 0.6 is 0 Å². The molecule has 1 saturated heterocycles. The van der Waals surface area contributed by atoms with Crippen molar-refractivity contribution >= 4 is 22.5 Å². The molecule has 25 heavy (non-hydrogen) atoms. The van der Waals surface area contributed by atoms with Crippen LogP contribution in [0.1, 0.15) is 10.5 Å². The zero-order chi connectivity index (χ0) is 17.2. The van der Waals surface area contributed by atoms with Crippen molar-refractivity contribution in [2.45, 2.75) is 0 Å². The molecule has 0 saturated carbocycles. The van der Waals surface area contributed by atoms with E-state index in [0.717, 1.165) is 35.4 Å². The molecule has 1 N–H and O–H groups in total. The van der Waals surface area contributed by atoms with E-state index >= 15 is 0 Å². The molecule has 1 aliphatic rings. The third kappa shape index (κ3) is 2.77. The molecule has 0 bridgehead atoms. The largest absolute Gasteiger partial charge is 0.493 e. The monoisotopic (exact) mass is 337 g/mol. The fraction of sp³-hybridized carbons (Fsp3) is 0.278. The first-order chi connectivity index (χ1) is 12.3. The maximum atomic E-state index is 12.9. The van der Waals surface area contributed by atoms with Gasteiger partial charge in [-0.25, -0.2) is 0 Å². The van der Waals surface area contributed by atoms with Crippen LogP contribution in [0.15, 0.2) is 43.0 Å². The summed E-state index contributed by atoms with van der Waals surface area (Å²) >= 11 is 0. The molecule has 0 aromatic carbocycles. The lowest BCUT2D eigenvalue weighted by molar-refractivity contribution is 0.0743. The van der Waals surface area contributed by atoms with Crippen LogP contribution in [-0.2, 0) is 0 Å². The highest BCUT2D eigenvalue weighted by Crippen LogP contribution is 2.27. The zero-order valence-corrected chi connectivity index (χ0v) is 14.0. The van der Waals surface area contributed by atoms with Crippen LogP contribution in [0.5, 0.6) is 5.75 Å². The Morgan fingerprint density at radius 3 is 2.80 bits per heavy atom. The van der Waals surface area contributed by atoms with Crippen molar-refractivity contribution in [3.63, 3.8) is 0 Å². The van der Waals surface area contributed by atoms with Gasteiger partial charge in [0, 0.05) is 55.7 Å². The number of hydrogen-bond donors (Lipinski definition) is 1. The topological polar surface area (TPSA) is 74.3 Å². The van der Waals surface area contributed by atoms with Gasteiger partial charge in [0.1, 0.15) is 5.69 Å². The first-order valence-corrected chi connectivity index (χ1v) is 8.22. The van der Waals surface area contributed by atoms with E-state index < -0.39 is 0 Å². The van der Waals surface area contributed by atoms with Gasteiger partial charge in [0.2, 0.25) is 0 Å². The van der Waals surface area contributed by atoms with Gasteiger partial charge in [-0.1, -0.05) is 0 Å². The Hall–Kier alpha value is -3.09. The number of fused-ring (bicyclic) bond motifs is 1. The number of pyridine rings is 2. The first-order valence-electron chi connectivity index (χ1n) is 8.22. The minimum absolute atomic E-state index is 0.0217. The number of methoxy groups -OCH3 is 1. The fourth-order valence-electron chi connectivity index (χ4n) is 3.24. The van der Waals surface area contributed by atoms with E-state index in [1.165, 1.54) is 0 Å². The van der Waals surface area contributed by atoms with Crippen molar-refractivity contribution in [2.75, 3.05) is 38.2 Å². The van der Waals surface area contributed by atoms with Crippen LogP contribution in [0.2, 0.25) is 0 Å². The van der Waals surface area contributed by atoms with Crippen molar-refractivity contribution < 1.29 is 9.53 Å². The van der Waals surface area contributed by atoms with Crippen LogP contribution in [0, 0.1) is 0 Å². The molecule has 1 amide bonds. The molecule has 0 aliphatic carbocycles. The van der Waals surface area contributed by atoms with Gasteiger partial charge in [0.05, 0.1) is 19.0 Å². The third-order valence-electron chi connectivity index (χ3n) is 4.57. The number of aromatic nitrogens is 3. The summed E-state index contributed by atoms with van der Waals surface area (Å²) in [7, 11) is 1.64. The molecule has 1 fully saturated rings. The standard InChI is InChI=1S/C18H19N5O2/c1-25-16-12-19-5-4-15(16)22-8-10-23(11-9-22)18(24)17-13-2-6-20-14(13)3-7-21-17/h2-7,12,20H,8-11H2,1H3. The molecule has 4 heterocycles. The molecule has 128 valence electrons. The van der Waals surface area contributed by atoms with Crippen molar-refractivity contribution in [1.29, 1.82) is 0 Å². The summed E-state index contributed by atoms with van der Waals surface area (Å²) in [5, 5.41) is 0.866. The van der Waals surface area contributed by atoms with E-state index in [9.17, 15) is 4.79 Å². The normalized spacial score (nSPS) is 14.8. The van der Waals surface area contributed by atoms with Gasteiger partial charge < -0.3 is 19.5 Å². The number of anilines is 1. The van der Waals surface area contributed by atoms with Gasteiger partial charge in [0.15, 0.2) is 5.75 Å². The van der Waals surface area contributed by atoms with Crippen LogP contribution < -0.4 is 9.64 Å². The average Bonchev–Trinajstić information content (AvgIpc) is 3.16. The Labute approximate surface area is 145 Å². The van der Waals surface area contributed by atoms with E-state index in [4.69, 9.17) is 4.74 Å². The predicted molar refractivity (Wildman–Crippen MR) is 95.0 cm³/mol. The Balaban J connectivity index is 1.50. The maximum Gasteiger partial charge on any atom is 0.273 e. The zero-order valence-electron chi connectivity index (χ0n) is 14.0. The summed E-state index contributed by atoms with van der Waals surface area (Å²) in [4.78, 5) is 28.5. The minimum Gasteiger partial charge on any atom is -0.493 e. The van der Waals surface area contributed by atoms with E-state index in [0.29, 0.717) is 18.8 Å². The average molecular weight is 337 g/mol. The highest BCUT2D eigenvalue weighted by Gasteiger charge is 2.25. The second-order valence-electron chi connectivity index (χ2n) is 5.93. The van der Waals surface area contributed by atoms with E-state index in [2.05, 4.69) is 19.9 Å². The smallest absolute Gasteiger partial charge is 0.273 e. The molecule has 4 rings (SSSR count). The van der Waals surface area contributed by atoms with E-state index in [1.807, 2.05) is 29.3 Å². The second kappa shape index (κ2) is 6.43. The van der Waals surface area contributed by atoms with Crippen LogP contribution in [0.4, 0.5) is 5.69 Å². The second-order valence-corrected chi connectivity index (χ2v) is 5.93. The Morgan fingerprint density at radius 2 is 2.00 bits per heavy atom. The lowest BCUT2D eigenvalue weighted by Crippen LogP contribution is -2.49. The summed E-state index contributed by atoms with van der Waals surface area (Å²) < 4.78 is 5.38. The minimum atomic E-state index is -0.0217. The fourth-order valence-corrected chi connectivity index (χ4v) is 3.24. The number of hydrogen-bond acceptors (Lipinski definition) is 5. The number of amides is 1. The van der Waals surface area contributed by atoms with Gasteiger partial charge in [-0.3, -0.25) is 14.8 Å². The molecular formula is C18H19N5O2. The Morgan fingerprint density at radius 1 is 1.16 bits per heavy atom. The summed E-state index contributed by atoms with van der Waals surface area (Å²) in [6.45, 7) is 2.78. The van der Waals surface area contributed by atoms with Crippen molar-refractivity contribution in [2.24, 2.45) is 0 Å². The van der Waals surface area contributed by atoms with Crippen LogP contribution in [0.25, 0.3) is 10.9 Å². The number of carbonyl (C=O) groups excluding carboxylic acids is 1. The first kappa shape index (κ1) is 15.4. The number of rotatable bonds is 3. The lowest BCUT2D eigenvalue weighted by Gasteiger charge is -2.36. The molecule has 0 atom stereocenters. The molecule has 0 radical (unpaired) electrons. The number of piperazine rings is 1. The highest BCUT2D eigenvalue weighted by atomic mass is 16.5. The number of nitrogens with one attached hydrogen (secondary N) is 1. The van der Waals surface area contributed by atoms with Crippen molar-refractivity contribution in [1.82, 2.24) is 19.9 Å². The van der Waals surface area contributed by atoms with Gasteiger partial charge in [-0.15, -0.1) is 0 Å². The predicted octanol–water partition coefficient (Wildman–Crippen LogP) is 1.93. The summed E-state index contributed by atoms with van der Waals surface area (Å²) in [6.07, 6.45) is 6.97. The molecular weight excluding hydrogens is 318 g/mol. The maximum absolute atomic E-state index is 12.9. The van der Waals surface area contributed by atoms with Gasteiger partial charge in [-0.2, -0.15) is 0 Å². The lowest BCUT2D eigenvalue weighted by atomic mass is 10.2. The molecule has 7 heteroatoms. The molecule has 3 aromatic rings. The quantitative estimate of drug-likeness (QED) is 0.790. The van der Waals surface area contributed by atoms with Crippen molar-refractivity contribution in [3.05, 3.63) is 48.7 Å². The molecule has 0 spiro atoms. The number of nitrogens with zero attached hydrogens (tertiary/aromatic N) is 4. The number of aromatic amines is 1. The van der Waals surface area contributed by atoms with Crippen LogP contribution in [0.3, 0.4) is 0 Å². The number of carbonyl (C=O) groups is 1. The van der Waals surface area contributed by atoms with E-state index in [1.54, 1.807) is 25.7 Å². The molecule has 1 aliphatic heterocycles. The third-order valence-corrected chi connectivity index (χ3v) is 4.57. The van der Waals surface area contributed by atoms with Crippen molar-refractivity contribution in [3.8, 4) is 5.75 Å². The highest BCUT2D eigenvalue weighted by molar-refractivity contribution is 6.04. The van der Waals surface area contributed by atoms with Gasteiger partial charge in [0.25, 0.3) is 5.91 Å². The van der Waals surface area contributed by atoms with Gasteiger partial charge >= 0.3 is 0 Å². The summed E-state index contributed by atoms with van der Waals surface area (Å²) in [5.41, 5.74) is 2.45. The van der Waals surface area contributed by atoms with E-state index in [-0.39, 0.29) is 5.91 Å². The Bertz CT molecular complexity index is 899. The summed E-state index contributed by atoms with van der Waals surface area (Å²) in [6, 6.07) is 5.71.